The van der Waals surface area contributed by atoms with Crippen LogP contribution in [-0.2, 0) is 14.4 Å². The molecule has 5 atom stereocenters. The summed E-state index contributed by atoms with van der Waals surface area (Å²) in [5, 5.41) is 12.9. The maximum atomic E-state index is 14.1. The largest absolute Gasteiger partial charge is 0.480 e. The summed E-state index contributed by atoms with van der Waals surface area (Å²) in [5.74, 6) is -2.32. The number of carbonyl (C=O) groups excluding carboxylic acids is 3. The first-order valence-corrected chi connectivity index (χ1v) is 14.2. The molecule has 2 aliphatic carbocycles. The molecule has 38 heavy (non-hydrogen) atoms. The van der Waals surface area contributed by atoms with Crippen LogP contribution < -0.4 is 5.32 Å². The van der Waals surface area contributed by atoms with E-state index in [4.69, 9.17) is 0 Å². The van der Waals surface area contributed by atoms with Crippen LogP contribution in [0.15, 0.2) is 18.6 Å². The quantitative estimate of drug-likeness (QED) is 0.523. The Morgan fingerprint density at radius 1 is 1.03 bits per heavy atom. The Balaban J connectivity index is 1.58. The number of amides is 2. The second kappa shape index (κ2) is 11.9. The van der Waals surface area contributed by atoms with E-state index in [9.17, 15) is 24.3 Å². The Hall–Kier alpha value is -2.84. The number of hydrogen-bond acceptors (Lipinski definition) is 6. The first-order valence-electron chi connectivity index (χ1n) is 14.2. The van der Waals surface area contributed by atoms with Gasteiger partial charge < -0.3 is 15.3 Å². The van der Waals surface area contributed by atoms with Crippen molar-refractivity contribution in [3.8, 4) is 0 Å². The number of carboxylic acid groups (broad SMARTS) is 1. The topological polar surface area (TPSA) is 130 Å². The zero-order valence-electron chi connectivity index (χ0n) is 22.9. The maximum absolute atomic E-state index is 14.1. The molecule has 2 saturated carbocycles. The van der Waals surface area contributed by atoms with Crippen molar-refractivity contribution < 1.29 is 24.3 Å². The van der Waals surface area contributed by atoms with E-state index in [-0.39, 0.29) is 41.7 Å². The molecule has 1 aromatic heterocycles. The van der Waals surface area contributed by atoms with Crippen molar-refractivity contribution in [2.24, 2.45) is 23.2 Å². The predicted octanol–water partition coefficient (Wildman–Crippen LogP) is 4.02. The highest BCUT2D eigenvalue weighted by atomic mass is 16.4. The van der Waals surface area contributed by atoms with Crippen molar-refractivity contribution in [3.05, 3.63) is 24.3 Å². The second-order valence-corrected chi connectivity index (χ2v) is 12.5. The third kappa shape index (κ3) is 6.24. The van der Waals surface area contributed by atoms with E-state index in [0.29, 0.717) is 6.42 Å². The molecular weight excluding hydrogens is 484 g/mol. The minimum Gasteiger partial charge on any atom is -0.480 e. The summed E-state index contributed by atoms with van der Waals surface area (Å²) in [5.41, 5.74) is -0.413. The third-order valence-electron chi connectivity index (χ3n) is 8.93. The third-order valence-corrected chi connectivity index (χ3v) is 8.93. The zero-order chi connectivity index (χ0) is 27.4. The molecule has 3 aliphatic rings. The predicted molar refractivity (Wildman–Crippen MR) is 141 cm³/mol. The Morgan fingerprint density at radius 3 is 2.34 bits per heavy atom. The van der Waals surface area contributed by atoms with Crippen LogP contribution in [0.3, 0.4) is 0 Å². The number of aromatic nitrogens is 2. The molecule has 4 rings (SSSR count). The van der Waals surface area contributed by atoms with Crippen molar-refractivity contribution in [3.63, 3.8) is 0 Å². The minimum atomic E-state index is -0.969. The Kier molecular flexibility index (Phi) is 8.83. The van der Waals surface area contributed by atoms with Crippen molar-refractivity contribution in [1.29, 1.82) is 0 Å². The second-order valence-electron chi connectivity index (χ2n) is 12.5. The number of Topliss-reactive ketones (excluding diaryl/α,β-unsaturated/α-hetero) is 1. The van der Waals surface area contributed by atoms with Gasteiger partial charge in [-0.1, -0.05) is 52.9 Å². The van der Waals surface area contributed by atoms with E-state index < -0.39 is 35.3 Å². The molecule has 9 nitrogen and oxygen atoms in total. The van der Waals surface area contributed by atoms with Gasteiger partial charge in [0.2, 0.25) is 5.91 Å². The van der Waals surface area contributed by atoms with E-state index in [0.717, 1.165) is 57.8 Å². The molecule has 3 fully saturated rings. The Labute approximate surface area is 225 Å². The van der Waals surface area contributed by atoms with Crippen LogP contribution in [0, 0.1) is 23.2 Å². The zero-order valence-corrected chi connectivity index (χ0v) is 22.9. The maximum Gasteiger partial charge on any atom is 0.326 e. The van der Waals surface area contributed by atoms with Crippen molar-refractivity contribution in [1.82, 2.24) is 20.2 Å². The fourth-order valence-electron chi connectivity index (χ4n) is 6.83. The van der Waals surface area contributed by atoms with E-state index in [1.165, 1.54) is 18.6 Å². The number of aliphatic carboxylic acids is 1. The minimum absolute atomic E-state index is 0.00567. The number of likely N-dealkylation sites (tertiary alicyclic amines) is 1. The van der Waals surface area contributed by atoms with Crippen LogP contribution in [0.5, 0.6) is 0 Å². The first-order chi connectivity index (χ1) is 18.1. The molecule has 0 radical (unpaired) electrons. The van der Waals surface area contributed by atoms with Gasteiger partial charge in [-0.05, 0) is 49.4 Å². The number of rotatable bonds is 8. The summed E-state index contributed by atoms with van der Waals surface area (Å²) in [4.78, 5) is 63.0. The van der Waals surface area contributed by atoms with Gasteiger partial charge in [-0.15, -0.1) is 0 Å². The van der Waals surface area contributed by atoms with Crippen molar-refractivity contribution >= 4 is 23.6 Å². The van der Waals surface area contributed by atoms with Crippen LogP contribution in [0.2, 0.25) is 0 Å². The lowest BCUT2D eigenvalue weighted by Gasteiger charge is -2.39. The lowest BCUT2D eigenvalue weighted by Crippen LogP contribution is -2.53. The first kappa shape index (κ1) is 28.2. The summed E-state index contributed by atoms with van der Waals surface area (Å²) in [6.45, 7) is 5.79. The molecule has 208 valence electrons. The molecule has 9 heteroatoms. The lowest BCUT2D eigenvalue weighted by atomic mass is 9.73. The van der Waals surface area contributed by atoms with Gasteiger partial charge in [0.05, 0.1) is 12.2 Å². The van der Waals surface area contributed by atoms with Gasteiger partial charge in [0.15, 0.2) is 5.78 Å². The highest BCUT2D eigenvalue weighted by Crippen LogP contribution is 2.43. The standard InChI is InChI=1S/C29H42N4O5/c1-29(2,3)20(27(36)33-22-12-8-7-11-19(22)15-23(33)28(37)38)16-24(34)25(18-9-5-4-6-10-18)32-26(35)21-17-30-13-14-31-21/h13-14,17-20,22-23,25H,4-12,15-16H2,1-3H3,(H,32,35)(H,37,38)/t19?,20-,22?,23+,25+/m1/s1. The van der Waals surface area contributed by atoms with Crippen LogP contribution in [0.1, 0.15) is 102 Å². The number of nitrogens with one attached hydrogen (secondary N) is 1. The average Bonchev–Trinajstić information content (AvgIpc) is 3.30. The molecule has 2 N–H and O–H groups in total. The SMILES string of the molecule is CC(C)(C)[C@H](CC(=O)[C@@H](NC(=O)c1cnccn1)C1CCCCC1)C(=O)N1C2CCCCC2C[C@H]1C(=O)O. The Morgan fingerprint density at radius 2 is 1.71 bits per heavy atom. The Bertz CT molecular complexity index is 1020. The van der Waals surface area contributed by atoms with E-state index in [1.54, 1.807) is 4.90 Å². The highest BCUT2D eigenvalue weighted by Gasteiger charge is 2.51. The number of carbonyl (C=O) groups is 4. The van der Waals surface area contributed by atoms with Gasteiger partial charge in [-0.2, -0.15) is 0 Å². The average molecular weight is 527 g/mol. The summed E-state index contributed by atoms with van der Waals surface area (Å²) in [7, 11) is 0. The van der Waals surface area contributed by atoms with Gasteiger partial charge in [0.25, 0.3) is 5.91 Å². The summed E-state index contributed by atoms with van der Waals surface area (Å²) >= 11 is 0. The highest BCUT2D eigenvalue weighted by molar-refractivity contribution is 5.98. The molecule has 1 saturated heterocycles. The van der Waals surface area contributed by atoms with Crippen molar-refractivity contribution in [2.45, 2.75) is 110 Å². The van der Waals surface area contributed by atoms with E-state index in [2.05, 4.69) is 15.3 Å². The fraction of sp³-hybridized carbons (Fsp3) is 0.724. The molecule has 0 aromatic carbocycles. The number of ketones is 1. The molecule has 1 aromatic rings. The fourth-order valence-corrected chi connectivity index (χ4v) is 6.83. The van der Waals surface area contributed by atoms with E-state index in [1.807, 2.05) is 20.8 Å². The van der Waals surface area contributed by atoms with Gasteiger partial charge in [-0.25, -0.2) is 9.78 Å². The van der Waals surface area contributed by atoms with Crippen LogP contribution in [0.4, 0.5) is 0 Å². The number of nitrogens with zero attached hydrogens (tertiary/aromatic N) is 3. The van der Waals surface area contributed by atoms with Gasteiger partial charge in [0, 0.05) is 30.8 Å². The van der Waals surface area contributed by atoms with Crippen LogP contribution >= 0.6 is 0 Å². The summed E-state index contributed by atoms with van der Waals surface area (Å²) in [6.07, 6.45) is 13.3. The number of carboxylic acids is 1. The molecular formula is C29H42N4O5. The van der Waals surface area contributed by atoms with Crippen LogP contribution in [0.25, 0.3) is 0 Å². The molecule has 1 aliphatic heterocycles. The van der Waals surface area contributed by atoms with E-state index >= 15 is 0 Å². The number of hydrogen-bond donors (Lipinski definition) is 2. The molecule has 0 spiro atoms. The smallest absolute Gasteiger partial charge is 0.326 e. The molecule has 2 heterocycles. The monoisotopic (exact) mass is 526 g/mol. The summed E-state index contributed by atoms with van der Waals surface area (Å²) < 4.78 is 0. The van der Waals surface area contributed by atoms with Crippen molar-refractivity contribution in [2.75, 3.05) is 0 Å². The molecule has 2 amide bonds. The summed E-state index contributed by atoms with van der Waals surface area (Å²) in [6, 6.07) is -1.65. The van der Waals surface area contributed by atoms with Gasteiger partial charge in [-0.3, -0.25) is 19.4 Å². The van der Waals surface area contributed by atoms with Gasteiger partial charge in [0.1, 0.15) is 11.7 Å². The molecule has 0 bridgehead atoms. The lowest BCUT2D eigenvalue weighted by molar-refractivity contribution is -0.154. The van der Waals surface area contributed by atoms with Crippen LogP contribution in [-0.4, -0.2) is 61.7 Å². The van der Waals surface area contributed by atoms with Gasteiger partial charge >= 0.3 is 5.97 Å². The molecule has 2 unspecified atom stereocenters. The normalized spacial score (nSPS) is 25.8. The number of fused-ring (bicyclic) bond motifs is 1.